The molecule has 0 radical (unpaired) electrons. The molecular formula is C2H11BaKMgO3. The van der Waals surface area contributed by atoms with Gasteiger partial charge in [0.2, 0.25) is 0 Å². The summed E-state index contributed by atoms with van der Waals surface area (Å²) in [5.74, 6) is -0.833. The first kappa shape index (κ1) is 30.1. The SMILES string of the molecule is CC(=O)O.O.[Ba+2].[H-].[H-].[H-].[H-].[H-].[K+].[Mg+2]. The summed E-state index contributed by atoms with van der Waals surface area (Å²) in [6, 6.07) is 0. The zero-order chi connectivity index (χ0) is 3.58. The molecule has 0 spiro atoms. The van der Waals surface area contributed by atoms with E-state index in [9.17, 15) is 0 Å². The number of carboxylic acids is 1. The van der Waals surface area contributed by atoms with E-state index in [-0.39, 0.29) is 136 Å². The van der Waals surface area contributed by atoms with Crippen molar-refractivity contribution in [3.05, 3.63) is 0 Å². The Bertz CT molecular complexity index is 52.8. The summed E-state index contributed by atoms with van der Waals surface area (Å²) in [6.45, 7) is 1.08. The maximum Gasteiger partial charge on any atom is 2.00 e. The first-order valence-electron chi connectivity index (χ1n) is 0.928. The van der Waals surface area contributed by atoms with E-state index < -0.39 is 5.97 Å². The van der Waals surface area contributed by atoms with Crippen LogP contribution in [0.25, 0.3) is 0 Å². The van der Waals surface area contributed by atoms with Crippen molar-refractivity contribution in [3.63, 3.8) is 0 Å². The Morgan fingerprint density at radius 1 is 1.62 bits per heavy atom. The normalized spacial score (nSPS) is 3.12. The van der Waals surface area contributed by atoms with Gasteiger partial charge in [-0.3, -0.25) is 4.79 Å². The summed E-state index contributed by atoms with van der Waals surface area (Å²) in [4.78, 5) is 9.00. The van der Waals surface area contributed by atoms with E-state index in [1.54, 1.807) is 0 Å². The Kier molecular flexibility index (Phi) is 84.4. The smallest absolute Gasteiger partial charge is 1.00 e. The van der Waals surface area contributed by atoms with Crippen LogP contribution in [0.5, 0.6) is 0 Å². The predicted octanol–water partition coefficient (Wildman–Crippen LogP) is -3.93. The second-order valence-corrected chi connectivity index (χ2v) is 0.519. The van der Waals surface area contributed by atoms with Crippen molar-refractivity contribution >= 4 is 77.9 Å². The summed E-state index contributed by atoms with van der Waals surface area (Å²) in [7, 11) is 0. The molecule has 42 valence electrons. The first-order valence-corrected chi connectivity index (χ1v) is 0.928. The average molecular weight is 284 g/mol. The molecule has 0 aromatic rings. The molecule has 0 aliphatic rings. The third-order valence-corrected chi connectivity index (χ3v) is 0. The van der Waals surface area contributed by atoms with Gasteiger partial charge in [-0.05, 0) is 0 Å². The summed E-state index contributed by atoms with van der Waals surface area (Å²) in [6.07, 6.45) is 0. The largest absolute Gasteiger partial charge is 2.00 e. The number of hydrogen-bond acceptors (Lipinski definition) is 1. The summed E-state index contributed by atoms with van der Waals surface area (Å²) < 4.78 is 0. The molecule has 0 aromatic carbocycles. The molecule has 0 unspecified atom stereocenters. The van der Waals surface area contributed by atoms with Crippen molar-refractivity contribution in [2.24, 2.45) is 0 Å². The van der Waals surface area contributed by atoms with Gasteiger partial charge in [0, 0.05) is 6.92 Å². The quantitative estimate of drug-likeness (QED) is 0.462. The zero-order valence-corrected chi connectivity index (χ0v) is 14.2. The van der Waals surface area contributed by atoms with Crippen LogP contribution in [0, 0.1) is 0 Å². The molecule has 0 bridgehead atoms. The summed E-state index contributed by atoms with van der Waals surface area (Å²) in [5, 5.41) is 7.42. The van der Waals surface area contributed by atoms with Crippen molar-refractivity contribution in [2.75, 3.05) is 0 Å². The van der Waals surface area contributed by atoms with Gasteiger partial charge in [-0.25, -0.2) is 0 Å². The van der Waals surface area contributed by atoms with Crippen LogP contribution in [0.2, 0.25) is 0 Å². The van der Waals surface area contributed by atoms with Crippen LogP contribution >= 0.6 is 0 Å². The van der Waals surface area contributed by atoms with Gasteiger partial charge in [-0.15, -0.1) is 0 Å². The van der Waals surface area contributed by atoms with Crippen LogP contribution in [0.3, 0.4) is 0 Å². The maximum absolute atomic E-state index is 9.00. The van der Waals surface area contributed by atoms with Crippen molar-refractivity contribution in [3.8, 4) is 0 Å². The van der Waals surface area contributed by atoms with Gasteiger partial charge in [-0.1, -0.05) is 0 Å². The topological polar surface area (TPSA) is 68.8 Å². The first-order chi connectivity index (χ1) is 1.73. The molecule has 0 saturated carbocycles. The minimum Gasteiger partial charge on any atom is -1.00 e. The van der Waals surface area contributed by atoms with Crippen LogP contribution in [-0.2, 0) is 4.79 Å². The molecule has 0 aromatic heterocycles. The minimum absolute atomic E-state index is 0. The second-order valence-electron chi connectivity index (χ2n) is 0.519. The van der Waals surface area contributed by atoms with Gasteiger partial charge in [0.25, 0.3) is 5.97 Å². The molecule has 0 saturated heterocycles. The van der Waals surface area contributed by atoms with Crippen LogP contribution in [0.1, 0.15) is 14.1 Å². The fourth-order valence-corrected chi connectivity index (χ4v) is 0. The van der Waals surface area contributed by atoms with Crippen LogP contribution in [0.4, 0.5) is 0 Å². The van der Waals surface area contributed by atoms with Crippen molar-refractivity contribution in [1.29, 1.82) is 0 Å². The molecule has 3 N–H and O–H groups in total. The number of aliphatic carboxylic acids is 1. The molecule has 8 heavy (non-hydrogen) atoms. The molecule has 0 rings (SSSR count). The van der Waals surface area contributed by atoms with Crippen LogP contribution < -0.4 is 51.4 Å². The Labute approximate surface area is 155 Å². The van der Waals surface area contributed by atoms with E-state index >= 15 is 0 Å². The van der Waals surface area contributed by atoms with Crippen LogP contribution in [0.15, 0.2) is 0 Å². The molecule has 0 aliphatic heterocycles. The van der Waals surface area contributed by atoms with E-state index in [2.05, 4.69) is 0 Å². The minimum atomic E-state index is -0.833. The summed E-state index contributed by atoms with van der Waals surface area (Å²) >= 11 is 0. The third-order valence-electron chi connectivity index (χ3n) is 0. The number of carboxylic acid groups (broad SMARTS) is 1. The van der Waals surface area contributed by atoms with Crippen molar-refractivity contribution in [1.82, 2.24) is 0 Å². The Morgan fingerprint density at radius 2 is 1.62 bits per heavy atom. The second kappa shape index (κ2) is 22.4. The Hall–Kier alpha value is 3.40. The van der Waals surface area contributed by atoms with Gasteiger partial charge in [0.1, 0.15) is 0 Å². The molecule has 0 aliphatic carbocycles. The van der Waals surface area contributed by atoms with Gasteiger partial charge < -0.3 is 17.7 Å². The summed E-state index contributed by atoms with van der Waals surface area (Å²) in [5.41, 5.74) is 0. The van der Waals surface area contributed by atoms with E-state index in [0.29, 0.717) is 0 Å². The zero-order valence-electron chi connectivity index (χ0n) is 10.3. The molecule has 0 amide bonds. The Balaban J connectivity index is -0.00000000125. The maximum atomic E-state index is 9.00. The van der Waals surface area contributed by atoms with Gasteiger partial charge in [0.05, 0.1) is 0 Å². The van der Waals surface area contributed by atoms with Crippen molar-refractivity contribution in [2.45, 2.75) is 6.92 Å². The molecular weight excluding hydrogens is 273 g/mol. The van der Waals surface area contributed by atoms with E-state index in [0.717, 1.165) is 6.92 Å². The number of hydrogen-bond donors (Lipinski definition) is 1. The van der Waals surface area contributed by atoms with Gasteiger partial charge in [-0.2, -0.15) is 0 Å². The Morgan fingerprint density at radius 3 is 1.62 bits per heavy atom. The fourth-order valence-electron chi connectivity index (χ4n) is 0. The standard InChI is InChI=1S/C2H4O2.Ba.K.Mg.H2O.5H/c1-2(3)4;;;;;;;;;/h1H3,(H,3,4);;;;1H2;;;;;/q;+2;+1;+2;;5*-1. The number of rotatable bonds is 0. The van der Waals surface area contributed by atoms with Gasteiger partial charge in [0.15, 0.2) is 0 Å². The third kappa shape index (κ3) is 57.3. The number of carbonyl (C=O) groups is 1. The van der Waals surface area contributed by atoms with E-state index in [4.69, 9.17) is 9.90 Å². The van der Waals surface area contributed by atoms with Gasteiger partial charge >= 0.3 is 123 Å². The monoisotopic (exact) mass is 284 g/mol. The van der Waals surface area contributed by atoms with E-state index in [1.165, 1.54) is 0 Å². The molecule has 6 heteroatoms. The molecule has 0 fully saturated rings. The van der Waals surface area contributed by atoms with E-state index in [1.807, 2.05) is 0 Å². The average Bonchev–Trinajstić information content (AvgIpc) is 0.811. The van der Waals surface area contributed by atoms with Crippen LogP contribution in [-0.4, -0.2) is 88.5 Å². The molecule has 0 heterocycles. The molecule has 0 atom stereocenters. The fraction of sp³-hybridized carbons (Fsp3) is 0.500. The molecule has 3 nitrogen and oxygen atoms in total. The predicted molar refractivity (Wildman–Crippen MR) is 34.0 cm³/mol. The van der Waals surface area contributed by atoms with Crippen molar-refractivity contribution < 1.29 is 73.9 Å².